The van der Waals surface area contributed by atoms with Crippen LogP contribution in [0.2, 0.25) is 0 Å². The Bertz CT molecular complexity index is 814. The molecule has 138 valence electrons. The SMILES string of the molecule is Cc1ccc(C(=O)CCC(=O)NNC(=O)COc2ccc(C)c(C)c2)s1. The van der Waals surface area contributed by atoms with E-state index < -0.39 is 11.8 Å². The maximum atomic E-state index is 11.9. The van der Waals surface area contributed by atoms with E-state index in [1.165, 1.54) is 11.3 Å². The topological polar surface area (TPSA) is 84.5 Å². The summed E-state index contributed by atoms with van der Waals surface area (Å²) in [5, 5.41) is 0. The molecule has 1 heterocycles. The number of hydrogen-bond acceptors (Lipinski definition) is 5. The molecule has 2 N–H and O–H groups in total. The molecule has 0 aliphatic rings. The van der Waals surface area contributed by atoms with Gasteiger partial charge in [-0.2, -0.15) is 0 Å². The van der Waals surface area contributed by atoms with Crippen LogP contribution in [0.3, 0.4) is 0 Å². The monoisotopic (exact) mass is 374 g/mol. The fourth-order valence-corrected chi connectivity index (χ4v) is 2.96. The third kappa shape index (κ3) is 6.00. The number of Topliss-reactive ketones (excluding diaryl/α,β-unsaturated/α-hetero) is 1. The third-order valence-electron chi connectivity index (χ3n) is 3.78. The third-order valence-corrected chi connectivity index (χ3v) is 4.83. The Morgan fingerprint density at radius 3 is 2.31 bits per heavy atom. The lowest BCUT2D eigenvalue weighted by molar-refractivity contribution is -0.130. The van der Waals surface area contributed by atoms with Gasteiger partial charge in [0.15, 0.2) is 12.4 Å². The summed E-state index contributed by atoms with van der Waals surface area (Å²) in [5.74, 6) is -0.392. The summed E-state index contributed by atoms with van der Waals surface area (Å²) < 4.78 is 5.38. The lowest BCUT2D eigenvalue weighted by Gasteiger charge is -2.09. The van der Waals surface area contributed by atoms with Gasteiger partial charge in [-0.05, 0) is 56.2 Å². The molecule has 0 aliphatic heterocycles. The fourth-order valence-electron chi connectivity index (χ4n) is 2.13. The van der Waals surface area contributed by atoms with E-state index in [4.69, 9.17) is 4.74 Å². The Morgan fingerprint density at radius 2 is 1.65 bits per heavy atom. The summed E-state index contributed by atoms with van der Waals surface area (Å²) in [7, 11) is 0. The van der Waals surface area contributed by atoms with Crippen molar-refractivity contribution in [2.24, 2.45) is 0 Å². The molecule has 6 nitrogen and oxygen atoms in total. The Morgan fingerprint density at radius 1 is 0.923 bits per heavy atom. The van der Waals surface area contributed by atoms with E-state index in [0.29, 0.717) is 10.6 Å². The van der Waals surface area contributed by atoms with Crippen molar-refractivity contribution in [1.82, 2.24) is 10.9 Å². The van der Waals surface area contributed by atoms with Gasteiger partial charge in [0.25, 0.3) is 5.91 Å². The smallest absolute Gasteiger partial charge is 0.276 e. The standard InChI is InChI=1S/C19H22N2O4S/c1-12-4-6-15(10-13(12)2)25-11-19(24)21-20-18(23)9-7-16(22)17-8-5-14(3)26-17/h4-6,8,10H,7,9,11H2,1-3H3,(H,20,23)(H,21,24). The van der Waals surface area contributed by atoms with E-state index in [0.717, 1.165) is 16.0 Å². The molecule has 0 spiro atoms. The van der Waals surface area contributed by atoms with Crippen LogP contribution in [-0.4, -0.2) is 24.2 Å². The molecular formula is C19H22N2O4S. The van der Waals surface area contributed by atoms with Crippen molar-refractivity contribution in [3.63, 3.8) is 0 Å². The molecule has 1 aromatic heterocycles. The zero-order valence-corrected chi connectivity index (χ0v) is 15.9. The maximum absolute atomic E-state index is 11.9. The van der Waals surface area contributed by atoms with Gasteiger partial charge in [-0.15, -0.1) is 11.3 Å². The van der Waals surface area contributed by atoms with Crippen molar-refractivity contribution in [1.29, 1.82) is 0 Å². The van der Waals surface area contributed by atoms with Crippen LogP contribution in [0.15, 0.2) is 30.3 Å². The van der Waals surface area contributed by atoms with Gasteiger partial charge in [0.05, 0.1) is 4.88 Å². The first-order valence-corrected chi connectivity index (χ1v) is 9.04. The van der Waals surface area contributed by atoms with Crippen LogP contribution >= 0.6 is 11.3 Å². The average Bonchev–Trinajstić information content (AvgIpc) is 3.05. The minimum Gasteiger partial charge on any atom is -0.484 e. The van der Waals surface area contributed by atoms with E-state index in [1.54, 1.807) is 12.1 Å². The molecule has 2 aromatic rings. The summed E-state index contributed by atoms with van der Waals surface area (Å²) >= 11 is 1.40. The number of thiophene rings is 1. The molecule has 0 atom stereocenters. The minimum atomic E-state index is -0.475. The largest absolute Gasteiger partial charge is 0.484 e. The van der Waals surface area contributed by atoms with E-state index in [-0.39, 0.29) is 25.2 Å². The zero-order chi connectivity index (χ0) is 19.1. The Labute approximate surface area is 156 Å². The highest BCUT2D eigenvalue weighted by atomic mass is 32.1. The molecule has 2 rings (SSSR count). The molecule has 26 heavy (non-hydrogen) atoms. The number of ketones is 1. The van der Waals surface area contributed by atoms with Crippen molar-refractivity contribution in [3.8, 4) is 5.75 Å². The molecule has 1 aromatic carbocycles. The molecule has 0 fully saturated rings. The van der Waals surface area contributed by atoms with Crippen molar-refractivity contribution in [2.75, 3.05) is 6.61 Å². The van der Waals surface area contributed by atoms with Crippen LogP contribution in [0.4, 0.5) is 0 Å². The lowest BCUT2D eigenvalue weighted by atomic mass is 10.1. The predicted molar refractivity (Wildman–Crippen MR) is 100 cm³/mol. The number of amides is 2. The number of hydrogen-bond donors (Lipinski definition) is 2. The number of carbonyl (C=O) groups excluding carboxylic acids is 3. The summed E-state index contributed by atoms with van der Waals surface area (Å²) in [5.41, 5.74) is 6.77. The van der Waals surface area contributed by atoms with Gasteiger partial charge in [-0.1, -0.05) is 6.07 Å². The van der Waals surface area contributed by atoms with Crippen molar-refractivity contribution in [3.05, 3.63) is 51.2 Å². The second-order valence-electron chi connectivity index (χ2n) is 5.96. The molecule has 0 aliphatic carbocycles. The summed E-state index contributed by atoms with van der Waals surface area (Å²) in [6.45, 7) is 5.66. The van der Waals surface area contributed by atoms with Gasteiger partial charge in [-0.3, -0.25) is 25.2 Å². The van der Waals surface area contributed by atoms with Crippen LogP contribution in [0, 0.1) is 20.8 Å². The van der Waals surface area contributed by atoms with Crippen molar-refractivity contribution >= 4 is 28.9 Å². The highest BCUT2D eigenvalue weighted by Crippen LogP contribution is 2.17. The second kappa shape index (κ2) is 9.15. The first-order chi connectivity index (χ1) is 12.3. The van der Waals surface area contributed by atoms with Gasteiger partial charge >= 0.3 is 0 Å². The number of nitrogens with one attached hydrogen (secondary N) is 2. The second-order valence-corrected chi connectivity index (χ2v) is 7.25. The molecule has 0 saturated carbocycles. The number of aryl methyl sites for hydroxylation is 3. The first-order valence-electron chi connectivity index (χ1n) is 8.22. The molecule has 0 radical (unpaired) electrons. The summed E-state index contributed by atoms with van der Waals surface area (Å²) in [6.07, 6.45) is 0.106. The molecule has 0 saturated heterocycles. The fraction of sp³-hybridized carbons (Fsp3) is 0.316. The van der Waals surface area contributed by atoms with Crippen LogP contribution in [-0.2, 0) is 9.59 Å². The highest BCUT2D eigenvalue weighted by molar-refractivity contribution is 7.14. The Kier molecular flexibility index (Phi) is 6.91. The summed E-state index contributed by atoms with van der Waals surface area (Å²) in [6, 6.07) is 9.17. The van der Waals surface area contributed by atoms with Crippen molar-refractivity contribution in [2.45, 2.75) is 33.6 Å². The van der Waals surface area contributed by atoms with Gasteiger partial charge < -0.3 is 4.74 Å². The summed E-state index contributed by atoms with van der Waals surface area (Å²) in [4.78, 5) is 37.1. The molecule has 2 amide bonds. The van der Waals surface area contributed by atoms with Crippen LogP contribution in [0.1, 0.15) is 38.5 Å². The van der Waals surface area contributed by atoms with Crippen LogP contribution in [0.5, 0.6) is 5.75 Å². The Balaban J connectivity index is 1.67. The van der Waals surface area contributed by atoms with Gasteiger partial charge in [-0.25, -0.2) is 0 Å². The van der Waals surface area contributed by atoms with E-state index in [2.05, 4.69) is 10.9 Å². The quantitative estimate of drug-likeness (QED) is 0.576. The highest BCUT2D eigenvalue weighted by Gasteiger charge is 2.12. The first kappa shape index (κ1) is 19.7. The van der Waals surface area contributed by atoms with E-state index >= 15 is 0 Å². The number of ether oxygens (including phenoxy) is 1. The number of benzene rings is 1. The molecule has 7 heteroatoms. The predicted octanol–water partition coefficient (Wildman–Crippen LogP) is 2.86. The molecular weight excluding hydrogens is 352 g/mol. The normalized spacial score (nSPS) is 10.3. The van der Waals surface area contributed by atoms with Gasteiger partial charge in [0, 0.05) is 17.7 Å². The minimum absolute atomic E-state index is 0.00801. The molecule has 0 bridgehead atoms. The van der Waals surface area contributed by atoms with Gasteiger partial charge in [0.2, 0.25) is 5.91 Å². The van der Waals surface area contributed by atoms with E-state index in [9.17, 15) is 14.4 Å². The number of carbonyl (C=O) groups is 3. The number of hydrazine groups is 1. The Hall–Kier alpha value is -2.67. The van der Waals surface area contributed by atoms with Gasteiger partial charge in [0.1, 0.15) is 5.75 Å². The van der Waals surface area contributed by atoms with Crippen molar-refractivity contribution < 1.29 is 19.1 Å². The molecule has 0 unspecified atom stereocenters. The zero-order valence-electron chi connectivity index (χ0n) is 15.0. The maximum Gasteiger partial charge on any atom is 0.276 e. The van der Waals surface area contributed by atoms with Crippen LogP contribution in [0.25, 0.3) is 0 Å². The number of rotatable bonds is 7. The average molecular weight is 374 g/mol. The van der Waals surface area contributed by atoms with Crippen LogP contribution < -0.4 is 15.6 Å². The van der Waals surface area contributed by atoms with E-state index in [1.807, 2.05) is 39.0 Å². The lowest BCUT2D eigenvalue weighted by Crippen LogP contribution is -2.43.